The number of carboxylic acid groups (broad SMARTS) is 2. The van der Waals surface area contributed by atoms with Crippen LogP contribution in [0.3, 0.4) is 0 Å². The van der Waals surface area contributed by atoms with Gasteiger partial charge in [-0.15, -0.1) is 0 Å². The van der Waals surface area contributed by atoms with Gasteiger partial charge in [0.2, 0.25) is 0 Å². The Morgan fingerprint density at radius 3 is 1.50 bits per heavy atom. The standard InChI is InChI=1S/C8H6O4.C8H10/c9-7(10)5-3-1-2-4-6(5)8(11)12;1-2-8-6-4-3-5-7-8/h1-4H,(H,9,10)(H,11,12);3-7H,2H2,1H3. The van der Waals surface area contributed by atoms with Crippen LogP contribution in [-0.4, -0.2) is 22.2 Å². The summed E-state index contributed by atoms with van der Waals surface area (Å²) in [5, 5.41) is 17.1. The normalized spacial score (nSPS) is 9.25. The lowest BCUT2D eigenvalue weighted by Gasteiger charge is -1.98. The van der Waals surface area contributed by atoms with Crippen LogP contribution in [0.2, 0.25) is 0 Å². The van der Waals surface area contributed by atoms with Gasteiger partial charge in [-0.25, -0.2) is 9.59 Å². The number of carboxylic acids is 2. The van der Waals surface area contributed by atoms with Crippen molar-refractivity contribution in [2.24, 2.45) is 0 Å². The van der Waals surface area contributed by atoms with Crippen LogP contribution in [0.15, 0.2) is 54.6 Å². The van der Waals surface area contributed by atoms with Gasteiger partial charge in [-0.1, -0.05) is 49.4 Å². The van der Waals surface area contributed by atoms with E-state index in [2.05, 4.69) is 31.2 Å². The molecule has 2 aromatic rings. The van der Waals surface area contributed by atoms with Crippen molar-refractivity contribution in [3.05, 3.63) is 71.3 Å². The molecule has 0 saturated heterocycles. The molecule has 4 nitrogen and oxygen atoms in total. The maximum Gasteiger partial charge on any atom is 0.336 e. The van der Waals surface area contributed by atoms with Crippen molar-refractivity contribution in [1.29, 1.82) is 0 Å². The summed E-state index contributed by atoms with van der Waals surface area (Å²) in [7, 11) is 0. The lowest BCUT2D eigenvalue weighted by atomic mass is 10.1. The molecule has 0 amide bonds. The van der Waals surface area contributed by atoms with Crippen LogP contribution in [-0.2, 0) is 6.42 Å². The van der Waals surface area contributed by atoms with Crippen LogP contribution in [0.5, 0.6) is 0 Å². The third-order valence-electron chi connectivity index (χ3n) is 2.64. The first kappa shape index (κ1) is 15.4. The van der Waals surface area contributed by atoms with E-state index in [1.807, 2.05) is 6.07 Å². The topological polar surface area (TPSA) is 74.6 Å². The van der Waals surface area contributed by atoms with Crippen molar-refractivity contribution < 1.29 is 19.8 Å². The zero-order valence-corrected chi connectivity index (χ0v) is 11.1. The fourth-order valence-electron chi connectivity index (χ4n) is 1.57. The number of hydrogen-bond acceptors (Lipinski definition) is 2. The van der Waals surface area contributed by atoms with Crippen molar-refractivity contribution in [3.63, 3.8) is 0 Å². The van der Waals surface area contributed by atoms with Gasteiger partial charge in [-0.3, -0.25) is 0 Å². The van der Waals surface area contributed by atoms with Gasteiger partial charge in [0.05, 0.1) is 11.1 Å². The fourth-order valence-corrected chi connectivity index (χ4v) is 1.57. The van der Waals surface area contributed by atoms with Crippen molar-refractivity contribution in [2.75, 3.05) is 0 Å². The highest BCUT2D eigenvalue weighted by atomic mass is 16.4. The second kappa shape index (κ2) is 7.74. The number of benzene rings is 2. The van der Waals surface area contributed by atoms with Gasteiger partial charge in [0, 0.05) is 0 Å². The van der Waals surface area contributed by atoms with Gasteiger partial charge in [0.1, 0.15) is 0 Å². The number of aryl methyl sites for hydroxylation is 1. The predicted molar refractivity (Wildman–Crippen MR) is 76.2 cm³/mol. The lowest BCUT2D eigenvalue weighted by Crippen LogP contribution is -2.06. The monoisotopic (exact) mass is 272 g/mol. The van der Waals surface area contributed by atoms with E-state index in [0.717, 1.165) is 6.42 Å². The SMILES string of the molecule is CCc1ccccc1.O=C(O)c1ccccc1C(=O)O. The summed E-state index contributed by atoms with van der Waals surface area (Å²) in [6.07, 6.45) is 1.14. The van der Waals surface area contributed by atoms with E-state index < -0.39 is 11.9 Å². The summed E-state index contributed by atoms with van der Waals surface area (Å²) in [5.74, 6) is -2.46. The Balaban J connectivity index is 0.000000217. The highest BCUT2D eigenvalue weighted by Crippen LogP contribution is 2.07. The molecule has 2 aromatic carbocycles. The van der Waals surface area contributed by atoms with Gasteiger partial charge < -0.3 is 10.2 Å². The van der Waals surface area contributed by atoms with Crippen LogP contribution < -0.4 is 0 Å². The Kier molecular flexibility index (Phi) is 5.97. The third kappa shape index (κ3) is 4.57. The Bertz CT molecular complexity index is 543. The summed E-state index contributed by atoms with van der Waals surface area (Å²) in [6.45, 7) is 2.16. The minimum atomic E-state index is -1.23. The first-order valence-corrected chi connectivity index (χ1v) is 6.15. The molecule has 0 fully saturated rings. The Labute approximate surface area is 117 Å². The Hall–Kier alpha value is -2.62. The Morgan fingerprint density at radius 2 is 1.20 bits per heavy atom. The quantitative estimate of drug-likeness (QED) is 0.898. The molecule has 0 heterocycles. The molecular formula is C16H16O4. The number of carbonyl (C=O) groups is 2. The van der Waals surface area contributed by atoms with Gasteiger partial charge in [-0.05, 0) is 24.1 Å². The smallest absolute Gasteiger partial charge is 0.336 e. The molecule has 0 radical (unpaired) electrons. The molecule has 0 bridgehead atoms. The van der Waals surface area contributed by atoms with Crippen LogP contribution in [0.25, 0.3) is 0 Å². The summed E-state index contributed by atoms with van der Waals surface area (Å²) in [6, 6.07) is 15.9. The molecule has 0 saturated carbocycles. The zero-order valence-electron chi connectivity index (χ0n) is 11.1. The van der Waals surface area contributed by atoms with E-state index >= 15 is 0 Å². The average molecular weight is 272 g/mol. The van der Waals surface area contributed by atoms with Gasteiger partial charge in [0.25, 0.3) is 0 Å². The van der Waals surface area contributed by atoms with E-state index in [0.29, 0.717) is 0 Å². The molecule has 0 aliphatic carbocycles. The molecular weight excluding hydrogens is 256 g/mol. The predicted octanol–water partition coefficient (Wildman–Crippen LogP) is 3.33. The van der Waals surface area contributed by atoms with Gasteiger partial charge >= 0.3 is 11.9 Å². The average Bonchev–Trinajstić information content (AvgIpc) is 2.48. The molecule has 4 heteroatoms. The first-order valence-electron chi connectivity index (χ1n) is 6.15. The van der Waals surface area contributed by atoms with Gasteiger partial charge in [-0.2, -0.15) is 0 Å². The van der Waals surface area contributed by atoms with Crippen molar-refractivity contribution >= 4 is 11.9 Å². The number of rotatable bonds is 3. The van der Waals surface area contributed by atoms with E-state index in [4.69, 9.17) is 10.2 Å². The van der Waals surface area contributed by atoms with Crippen LogP contribution >= 0.6 is 0 Å². The van der Waals surface area contributed by atoms with E-state index in [9.17, 15) is 9.59 Å². The third-order valence-corrected chi connectivity index (χ3v) is 2.64. The molecule has 0 aliphatic heterocycles. The molecule has 0 atom stereocenters. The highest BCUT2D eigenvalue weighted by molar-refractivity contribution is 6.01. The Morgan fingerprint density at radius 1 is 0.800 bits per heavy atom. The van der Waals surface area contributed by atoms with Crippen LogP contribution in [0.1, 0.15) is 33.2 Å². The number of hydrogen-bond donors (Lipinski definition) is 2. The summed E-state index contributed by atoms with van der Waals surface area (Å²) >= 11 is 0. The van der Waals surface area contributed by atoms with Crippen molar-refractivity contribution in [1.82, 2.24) is 0 Å². The molecule has 0 aromatic heterocycles. The molecule has 104 valence electrons. The van der Waals surface area contributed by atoms with E-state index in [-0.39, 0.29) is 11.1 Å². The fraction of sp³-hybridized carbons (Fsp3) is 0.125. The molecule has 0 spiro atoms. The van der Waals surface area contributed by atoms with Gasteiger partial charge in [0.15, 0.2) is 0 Å². The summed E-state index contributed by atoms with van der Waals surface area (Å²) in [4.78, 5) is 20.9. The molecule has 0 unspecified atom stereocenters. The van der Waals surface area contributed by atoms with Crippen molar-refractivity contribution in [3.8, 4) is 0 Å². The largest absolute Gasteiger partial charge is 0.478 e. The molecule has 2 rings (SSSR count). The summed E-state index contributed by atoms with van der Waals surface area (Å²) < 4.78 is 0. The van der Waals surface area contributed by atoms with Crippen LogP contribution in [0.4, 0.5) is 0 Å². The van der Waals surface area contributed by atoms with Crippen LogP contribution in [0, 0.1) is 0 Å². The molecule has 0 aliphatic rings. The minimum absolute atomic E-state index is 0.190. The summed E-state index contributed by atoms with van der Waals surface area (Å²) in [5.41, 5.74) is 1.03. The highest BCUT2D eigenvalue weighted by Gasteiger charge is 2.13. The lowest BCUT2D eigenvalue weighted by molar-refractivity contribution is 0.0651. The zero-order chi connectivity index (χ0) is 15.0. The second-order valence-corrected chi connectivity index (χ2v) is 4.00. The second-order valence-electron chi connectivity index (χ2n) is 4.00. The van der Waals surface area contributed by atoms with E-state index in [1.54, 1.807) is 0 Å². The number of aromatic carboxylic acids is 2. The van der Waals surface area contributed by atoms with Crippen molar-refractivity contribution in [2.45, 2.75) is 13.3 Å². The maximum atomic E-state index is 10.5. The molecule has 2 N–H and O–H groups in total. The van der Waals surface area contributed by atoms with E-state index in [1.165, 1.54) is 29.8 Å². The molecule has 20 heavy (non-hydrogen) atoms. The first-order chi connectivity index (χ1) is 9.56. The minimum Gasteiger partial charge on any atom is -0.478 e. The maximum absolute atomic E-state index is 10.5.